The molecule has 298 valence electrons. The maximum Gasteiger partial charge on any atom is 0.306 e. The fourth-order valence-electron chi connectivity index (χ4n) is 6.04. The molecule has 0 aliphatic carbocycles. The summed E-state index contributed by atoms with van der Waals surface area (Å²) in [6.07, 6.45) is 26.4. The molecule has 6 atom stereocenters. The number of rotatable bonds is 33. The maximum atomic E-state index is 12.7. The van der Waals surface area contributed by atoms with Gasteiger partial charge in [-0.2, -0.15) is 0 Å². The minimum Gasteiger partial charge on any atom is -0.462 e. The topological polar surface area (TPSA) is 152 Å². The van der Waals surface area contributed by atoms with Gasteiger partial charge in [0, 0.05) is 12.8 Å². The van der Waals surface area contributed by atoms with Crippen LogP contribution in [0.25, 0.3) is 0 Å². The Bertz CT molecular complexity index is 892. The van der Waals surface area contributed by atoms with Crippen molar-refractivity contribution in [3.8, 4) is 0 Å². The fourth-order valence-corrected chi connectivity index (χ4v) is 6.04. The second kappa shape index (κ2) is 32.8. The Labute approximate surface area is 309 Å². The number of unbranched alkanes of at least 4 members (excludes halogenated alkanes) is 18. The summed E-state index contributed by atoms with van der Waals surface area (Å²) in [5, 5.41) is 39.9. The highest BCUT2D eigenvalue weighted by atomic mass is 16.7. The van der Waals surface area contributed by atoms with Crippen LogP contribution in [0.15, 0.2) is 24.3 Å². The number of carbonyl (C=O) groups excluding carboxylic acids is 2. The van der Waals surface area contributed by atoms with E-state index in [0.29, 0.717) is 6.42 Å². The van der Waals surface area contributed by atoms with E-state index in [0.717, 1.165) is 57.8 Å². The summed E-state index contributed by atoms with van der Waals surface area (Å²) in [5.41, 5.74) is 0. The standard InChI is InChI=1S/C41H74O10/c1-3-5-7-9-11-12-13-14-15-16-17-18-19-20-21-22-24-26-28-30-37(44)50-34(32-48-36(43)29-27-25-23-10-8-6-4-2)33-49-41-40(47)39(46)38(45)35(31-42)51-41/h11-12,14-15,34-35,38-42,45-47H,3-10,13,16-33H2,1-2H3/b12-11+,15-14+/t34-,35+,38-,39?,40?,41+/m1/s1. The van der Waals surface area contributed by atoms with Crippen molar-refractivity contribution in [2.24, 2.45) is 0 Å². The van der Waals surface area contributed by atoms with E-state index >= 15 is 0 Å². The van der Waals surface area contributed by atoms with E-state index in [1.165, 1.54) is 77.0 Å². The van der Waals surface area contributed by atoms with E-state index in [-0.39, 0.29) is 32.0 Å². The monoisotopic (exact) mass is 727 g/mol. The number of ether oxygens (including phenoxy) is 4. The van der Waals surface area contributed by atoms with Crippen molar-refractivity contribution in [2.45, 2.75) is 205 Å². The molecule has 1 aliphatic rings. The van der Waals surface area contributed by atoms with Gasteiger partial charge in [0.05, 0.1) is 13.2 Å². The van der Waals surface area contributed by atoms with Gasteiger partial charge in [-0.3, -0.25) is 9.59 Å². The van der Waals surface area contributed by atoms with Gasteiger partial charge in [0.1, 0.15) is 31.0 Å². The average molecular weight is 727 g/mol. The lowest BCUT2D eigenvalue weighted by Gasteiger charge is -2.39. The average Bonchev–Trinajstić information content (AvgIpc) is 3.13. The van der Waals surface area contributed by atoms with Gasteiger partial charge in [-0.25, -0.2) is 0 Å². The Morgan fingerprint density at radius 3 is 1.67 bits per heavy atom. The van der Waals surface area contributed by atoms with E-state index in [1.54, 1.807) is 0 Å². The van der Waals surface area contributed by atoms with Crippen molar-refractivity contribution in [1.82, 2.24) is 0 Å². The minimum absolute atomic E-state index is 0.217. The molecule has 0 saturated carbocycles. The van der Waals surface area contributed by atoms with Crippen molar-refractivity contribution >= 4 is 11.9 Å². The van der Waals surface area contributed by atoms with Crippen LogP contribution in [0.1, 0.15) is 168 Å². The van der Waals surface area contributed by atoms with Crippen LogP contribution < -0.4 is 0 Å². The molecule has 0 spiro atoms. The van der Waals surface area contributed by atoms with Gasteiger partial charge in [-0.15, -0.1) is 0 Å². The smallest absolute Gasteiger partial charge is 0.306 e. The molecule has 1 saturated heterocycles. The van der Waals surface area contributed by atoms with Gasteiger partial charge in [0.15, 0.2) is 12.4 Å². The molecule has 1 heterocycles. The summed E-state index contributed by atoms with van der Waals surface area (Å²) < 4.78 is 22.0. The van der Waals surface area contributed by atoms with Crippen LogP contribution in [0.2, 0.25) is 0 Å². The summed E-state index contributed by atoms with van der Waals surface area (Å²) in [6.45, 7) is 3.33. The molecular formula is C41H74O10. The summed E-state index contributed by atoms with van der Waals surface area (Å²) >= 11 is 0. The Hall–Kier alpha value is -1.82. The van der Waals surface area contributed by atoms with Gasteiger partial charge in [0.25, 0.3) is 0 Å². The number of hydrogen-bond acceptors (Lipinski definition) is 10. The highest BCUT2D eigenvalue weighted by Crippen LogP contribution is 2.22. The normalized spacial score (nSPS) is 21.4. The summed E-state index contributed by atoms with van der Waals surface area (Å²) in [4.78, 5) is 25.1. The molecule has 0 aromatic carbocycles. The Morgan fingerprint density at radius 2 is 1.10 bits per heavy atom. The molecule has 0 amide bonds. The van der Waals surface area contributed by atoms with Gasteiger partial charge in [0.2, 0.25) is 0 Å². The lowest BCUT2D eigenvalue weighted by Crippen LogP contribution is -2.59. The molecule has 0 aromatic heterocycles. The second-order valence-corrected chi connectivity index (χ2v) is 14.1. The zero-order chi connectivity index (χ0) is 37.4. The zero-order valence-corrected chi connectivity index (χ0v) is 32.1. The van der Waals surface area contributed by atoms with E-state index in [2.05, 4.69) is 38.2 Å². The van der Waals surface area contributed by atoms with Crippen molar-refractivity contribution in [3.05, 3.63) is 24.3 Å². The van der Waals surface area contributed by atoms with Gasteiger partial charge >= 0.3 is 11.9 Å². The lowest BCUT2D eigenvalue weighted by molar-refractivity contribution is -0.305. The van der Waals surface area contributed by atoms with Crippen LogP contribution in [0.4, 0.5) is 0 Å². The molecule has 10 heteroatoms. The number of aliphatic hydroxyl groups is 4. The van der Waals surface area contributed by atoms with Crippen LogP contribution in [0, 0.1) is 0 Å². The first-order chi connectivity index (χ1) is 24.8. The molecule has 1 rings (SSSR count). The second-order valence-electron chi connectivity index (χ2n) is 14.1. The van der Waals surface area contributed by atoms with E-state index in [4.69, 9.17) is 18.9 Å². The van der Waals surface area contributed by atoms with Gasteiger partial charge in [-0.1, -0.05) is 134 Å². The van der Waals surface area contributed by atoms with Crippen LogP contribution in [0.3, 0.4) is 0 Å². The molecule has 2 unspecified atom stereocenters. The van der Waals surface area contributed by atoms with E-state index in [1.807, 2.05) is 0 Å². The number of carbonyl (C=O) groups is 2. The van der Waals surface area contributed by atoms with Crippen LogP contribution in [0.5, 0.6) is 0 Å². The number of aliphatic hydroxyl groups excluding tert-OH is 4. The first-order valence-corrected chi connectivity index (χ1v) is 20.4. The Morgan fingerprint density at radius 1 is 0.608 bits per heavy atom. The molecule has 10 nitrogen and oxygen atoms in total. The molecule has 1 aliphatic heterocycles. The van der Waals surface area contributed by atoms with Gasteiger partial charge in [-0.05, 0) is 44.9 Å². The highest BCUT2D eigenvalue weighted by molar-refractivity contribution is 5.70. The number of esters is 2. The zero-order valence-electron chi connectivity index (χ0n) is 32.1. The predicted molar refractivity (Wildman–Crippen MR) is 201 cm³/mol. The number of allylic oxidation sites excluding steroid dienone is 4. The van der Waals surface area contributed by atoms with Gasteiger partial charge < -0.3 is 39.4 Å². The molecule has 51 heavy (non-hydrogen) atoms. The van der Waals surface area contributed by atoms with Crippen LogP contribution in [-0.4, -0.2) is 89.0 Å². The van der Waals surface area contributed by atoms with Crippen molar-refractivity contribution in [3.63, 3.8) is 0 Å². The van der Waals surface area contributed by atoms with Crippen LogP contribution >= 0.6 is 0 Å². The quantitative estimate of drug-likeness (QED) is 0.0300. The number of hydrogen-bond donors (Lipinski definition) is 4. The third kappa shape index (κ3) is 24.9. The largest absolute Gasteiger partial charge is 0.462 e. The highest BCUT2D eigenvalue weighted by Gasteiger charge is 2.44. The summed E-state index contributed by atoms with van der Waals surface area (Å²) in [6, 6.07) is 0. The fraction of sp³-hybridized carbons (Fsp3) is 0.854. The molecular weight excluding hydrogens is 652 g/mol. The van der Waals surface area contributed by atoms with Crippen molar-refractivity contribution in [1.29, 1.82) is 0 Å². The predicted octanol–water partition coefficient (Wildman–Crippen LogP) is 7.77. The molecule has 4 N–H and O–H groups in total. The summed E-state index contributed by atoms with van der Waals surface area (Å²) in [5.74, 6) is -0.816. The van der Waals surface area contributed by atoms with E-state index < -0.39 is 49.4 Å². The Kier molecular flexibility index (Phi) is 30.4. The lowest BCUT2D eigenvalue weighted by atomic mass is 9.99. The molecule has 0 bridgehead atoms. The first kappa shape index (κ1) is 47.2. The molecule has 0 aromatic rings. The van der Waals surface area contributed by atoms with Crippen LogP contribution in [-0.2, 0) is 28.5 Å². The van der Waals surface area contributed by atoms with E-state index in [9.17, 15) is 30.0 Å². The Balaban J connectivity index is 2.31. The third-order valence-corrected chi connectivity index (χ3v) is 9.34. The SMILES string of the molecule is CCCCC/C=C/C/C=C/CCCCCCCCCCCC(=O)O[C@H](COC(=O)CCCCCCCCC)CO[C@H]1O[C@@H](CO)[C@@H](O)C(O)C1O. The third-order valence-electron chi connectivity index (χ3n) is 9.34. The summed E-state index contributed by atoms with van der Waals surface area (Å²) in [7, 11) is 0. The maximum absolute atomic E-state index is 12.7. The molecule has 1 fully saturated rings. The molecule has 0 radical (unpaired) electrons. The minimum atomic E-state index is -1.59. The van der Waals surface area contributed by atoms with Crippen molar-refractivity contribution in [2.75, 3.05) is 19.8 Å². The first-order valence-electron chi connectivity index (χ1n) is 20.4. The van der Waals surface area contributed by atoms with Crippen molar-refractivity contribution < 1.29 is 49.0 Å².